The van der Waals surface area contributed by atoms with E-state index in [1.807, 2.05) is 6.92 Å². The van der Waals surface area contributed by atoms with Gasteiger partial charge in [-0.2, -0.15) is 0 Å². The third-order valence-corrected chi connectivity index (χ3v) is 3.01. The number of nitrogens with two attached hydrogens (primary N) is 2. The van der Waals surface area contributed by atoms with Crippen molar-refractivity contribution in [2.24, 2.45) is 17.5 Å². The number of carbonyl (C=O) groups excluding carboxylic acids is 2. The third kappa shape index (κ3) is 8.68. The van der Waals surface area contributed by atoms with Crippen molar-refractivity contribution < 1.29 is 9.59 Å². The van der Waals surface area contributed by atoms with Crippen LogP contribution in [-0.4, -0.2) is 11.8 Å². The van der Waals surface area contributed by atoms with Gasteiger partial charge in [0.25, 0.3) is 0 Å². The lowest BCUT2D eigenvalue weighted by molar-refractivity contribution is -0.122. The van der Waals surface area contributed by atoms with Crippen LogP contribution in [0.1, 0.15) is 58.3 Å². The third-order valence-electron chi connectivity index (χ3n) is 3.01. The fourth-order valence-corrected chi connectivity index (χ4v) is 1.83. The summed E-state index contributed by atoms with van der Waals surface area (Å²) in [6.07, 6.45) is 7.32. The molecule has 0 spiro atoms. The molecule has 0 aliphatic heterocycles. The van der Waals surface area contributed by atoms with Gasteiger partial charge in [-0.3, -0.25) is 15.0 Å². The summed E-state index contributed by atoms with van der Waals surface area (Å²) in [4.78, 5) is 21.8. The van der Waals surface area contributed by atoms with Crippen molar-refractivity contribution in [2.75, 3.05) is 0 Å². The number of hydrogen-bond acceptors (Lipinski definition) is 3. The molecular formula is C12H25N3O2. The lowest BCUT2D eigenvalue weighted by Crippen LogP contribution is -2.29. The van der Waals surface area contributed by atoms with Crippen LogP contribution in [0.2, 0.25) is 0 Å². The molecule has 0 aromatic heterocycles. The first kappa shape index (κ1) is 15.9. The Labute approximate surface area is 103 Å². The summed E-state index contributed by atoms with van der Waals surface area (Å²) in [6, 6.07) is 0. The number of nitrogens with one attached hydrogen (secondary N) is 1. The Kier molecular flexibility index (Phi) is 9.43. The minimum absolute atomic E-state index is 0.0259. The molecule has 0 aromatic rings. The molecular weight excluding hydrogens is 218 g/mol. The Hall–Kier alpha value is -1.10. The molecule has 1 unspecified atom stereocenters. The lowest BCUT2D eigenvalue weighted by Gasteiger charge is -2.09. The minimum atomic E-state index is -0.188. The average molecular weight is 243 g/mol. The number of amides is 2. The van der Waals surface area contributed by atoms with E-state index in [1.165, 1.54) is 0 Å². The molecule has 0 rings (SSSR count). The second-order valence-corrected chi connectivity index (χ2v) is 4.38. The Balaban J connectivity index is 3.34. The van der Waals surface area contributed by atoms with Crippen LogP contribution in [0.3, 0.4) is 0 Å². The molecule has 17 heavy (non-hydrogen) atoms. The van der Waals surface area contributed by atoms with Gasteiger partial charge in [-0.15, -0.1) is 0 Å². The van der Waals surface area contributed by atoms with E-state index in [9.17, 15) is 9.59 Å². The van der Waals surface area contributed by atoms with Gasteiger partial charge in [0.1, 0.15) is 0 Å². The summed E-state index contributed by atoms with van der Waals surface area (Å²) in [5.41, 5.74) is 7.37. The molecule has 0 fully saturated rings. The fraction of sp³-hybridized carbons (Fsp3) is 0.833. The first-order valence-electron chi connectivity index (χ1n) is 6.40. The van der Waals surface area contributed by atoms with Crippen LogP contribution in [0.25, 0.3) is 0 Å². The first-order chi connectivity index (χ1) is 8.11. The quantitative estimate of drug-likeness (QED) is 0.233. The van der Waals surface area contributed by atoms with Crippen molar-refractivity contribution in [1.82, 2.24) is 5.43 Å². The van der Waals surface area contributed by atoms with Crippen molar-refractivity contribution in [3.63, 3.8) is 0 Å². The molecule has 2 amide bonds. The molecule has 0 aromatic carbocycles. The summed E-state index contributed by atoms with van der Waals surface area (Å²) in [5.74, 6) is 4.70. The highest BCUT2D eigenvalue weighted by molar-refractivity contribution is 5.76. The number of carbonyl (C=O) groups is 2. The Morgan fingerprint density at radius 1 is 1.12 bits per heavy atom. The van der Waals surface area contributed by atoms with Crippen LogP contribution >= 0.6 is 0 Å². The van der Waals surface area contributed by atoms with Crippen molar-refractivity contribution in [3.8, 4) is 0 Å². The maximum absolute atomic E-state index is 11.0. The van der Waals surface area contributed by atoms with Crippen molar-refractivity contribution in [2.45, 2.75) is 58.3 Å². The van der Waals surface area contributed by atoms with Gasteiger partial charge in [-0.1, -0.05) is 32.6 Å². The fourth-order valence-electron chi connectivity index (χ4n) is 1.83. The SMILES string of the molecule is CCC(CCCCCCCC(=O)NN)C(N)=O. The molecule has 0 saturated heterocycles. The van der Waals surface area contributed by atoms with Crippen LogP contribution in [0.5, 0.6) is 0 Å². The highest BCUT2D eigenvalue weighted by Gasteiger charge is 2.11. The summed E-state index contributed by atoms with van der Waals surface area (Å²) in [6.45, 7) is 1.99. The maximum Gasteiger partial charge on any atom is 0.233 e. The number of unbranched alkanes of at least 4 members (excludes halogenated alkanes) is 4. The average Bonchev–Trinajstić information content (AvgIpc) is 2.31. The van der Waals surface area contributed by atoms with E-state index in [4.69, 9.17) is 11.6 Å². The van der Waals surface area contributed by atoms with Gasteiger partial charge in [-0.05, 0) is 19.3 Å². The smallest absolute Gasteiger partial charge is 0.233 e. The van der Waals surface area contributed by atoms with Gasteiger partial charge in [-0.25, -0.2) is 5.84 Å². The Morgan fingerprint density at radius 2 is 1.71 bits per heavy atom. The molecule has 0 bridgehead atoms. The second-order valence-electron chi connectivity index (χ2n) is 4.38. The van der Waals surface area contributed by atoms with E-state index < -0.39 is 0 Å². The largest absolute Gasteiger partial charge is 0.369 e. The Bertz CT molecular complexity index is 232. The predicted molar refractivity (Wildman–Crippen MR) is 67.6 cm³/mol. The van der Waals surface area contributed by atoms with Crippen molar-refractivity contribution in [1.29, 1.82) is 0 Å². The summed E-state index contributed by atoms with van der Waals surface area (Å²) >= 11 is 0. The van der Waals surface area contributed by atoms with Crippen LogP contribution in [0, 0.1) is 5.92 Å². The van der Waals surface area contributed by atoms with Gasteiger partial charge >= 0.3 is 0 Å². The van der Waals surface area contributed by atoms with E-state index in [0.29, 0.717) is 6.42 Å². The monoisotopic (exact) mass is 243 g/mol. The Morgan fingerprint density at radius 3 is 2.24 bits per heavy atom. The molecule has 0 aliphatic rings. The molecule has 0 aliphatic carbocycles. The van der Waals surface area contributed by atoms with E-state index >= 15 is 0 Å². The van der Waals surface area contributed by atoms with Crippen LogP contribution in [0.15, 0.2) is 0 Å². The zero-order valence-electron chi connectivity index (χ0n) is 10.7. The van der Waals surface area contributed by atoms with Crippen LogP contribution in [0.4, 0.5) is 0 Å². The highest BCUT2D eigenvalue weighted by atomic mass is 16.2. The van der Waals surface area contributed by atoms with Gasteiger partial charge in [0.2, 0.25) is 11.8 Å². The minimum Gasteiger partial charge on any atom is -0.369 e. The topological polar surface area (TPSA) is 98.2 Å². The van der Waals surface area contributed by atoms with Crippen molar-refractivity contribution in [3.05, 3.63) is 0 Å². The molecule has 5 heteroatoms. The molecule has 0 saturated carbocycles. The molecule has 1 atom stereocenters. The van der Waals surface area contributed by atoms with E-state index in [0.717, 1.165) is 44.9 Å². The predicted octanol–water partition coefficient (Wildman–Crippen LogP) is 1.22. The van der Waals surface area contributed by atoms with Gasteiger partial charge < -0.3 is 5.73 Å². The number of hydrazine groups is 1. The standard InChI is InChI=1S/C12H25N3O2/c1-2-10(12(13)17)8-6-4-3-5-7-9-11(16)15-14/h10H,2-9,14H2,1H3,(H2,13,17)(H,15,16). The summed E-state index contributed by atoms with van der Waals surface area (Å²) in [7, 11) is 0. The highest BCUT2D eigenvalue weighted by Crippen LogP contribution is 2.14. The zero-order chi connectivity index (χ0) is 13.1. The number of hydrogen-bond donors (Lipinski definition) is 3. The second kappa shape index (κ2) is 10.1. The van der Waals surface area contributed by atoms with Gasteiger partial charge in [0.05, 0.1) is 0 Å². The molecule has 0 heterocycles. The van der Waals surface area contributed by atoms with E-state index in [1.54, 1.807) is 0 Å². The normalized spacial score (nSPS) is 12.1. The molecule has 0 radical (unpaired) electrons. The van der Waals surface area contributed by atoms with Gasteiger partial charge in [0, 0.05) is 12.3 Å². The maximum atomic E-state index is 11.0. The summed E-state index contributed by atoms with van der Waals surface area (Å²) in [5, 5.41) is 0. The van der Waals surface area contributed by atoms with E-state index in [-0.39, 0.29) is 17.7 Å². The number of primary amides is 1. The molecule has 100 valence electrons. The van der Waals surface area contributed by atoms with Crippen molar-refractivity contribution >= 4 is 11.8 Å². The summed E-state index contributed by atoms with van der Waals surface area (Å²) < 4.78 is 0. The van der Waals surface area contributed by atoms with Crippen LogP contribution in [-0.2, 0) is 9.59 Å². The lowest BCUT2D eigenvalue weighted by atomic mass is 9.97. The molecule has 5 N–H and O–H groups in total. The zero-order valence-corrected chi connectivity index (χ0v) is 10.7. The van der Waals surface area contributed by atoms with E-state index in [2.05, 4.69) is 5.43 Å². The van der Waals surface area contributed by atoms with Crippen LogP contribution < -0.4 is 17.0 Å². The first-order valence-corrected chi connectivity index (χ1v) is 6.40. The van der Waals surface area contributed by atoms with Gasteiger partial charge in [0.15, 0.2) is 0 Å². The number of rotatable bonds is 10. The molecule has 5 nitrogen and oxygen atoms in total.